The summed E-state index contributed by atoms with van der Waals surface area (Å²) in [6.07, 6.45) is -0.438. The Labute approximate surface area is 120 Å². The number of rotatable bonds is 4. The highest BCUT2D eigenvalue weighted by molar-refractivity contribution is 5.58. The van der Waals surface area contributed by atoms with E-state index in [9.17, 15) is 5.11 Å². The van der Waals surface area contributed by atoms with Gasteiger partial charge in [-0.15, -0.1) is 0 Å². The van der Waals surface area contributed by atoms with Crippen molar-refractivity contribution in [2.45, 2.75) is 45.9 Å². The van der Waals surface area contributed by atoms with Gasteiger partial charge in [0.1, 0.15) is 11.5 Å². The molecule has 1 atom stereocenters. The van der Waals surface area contributed by atoms with Crippen molar-refractivity contribution in [2.24, 2.45) is 0 Å². The first kappa shape index (κ1) is 14.8. The third kappa shape index (κ3) is 3.95. The molecule has 0 aliphatic carbocycles. The molecule has 0 radical (unpaired) electrons. The molecule has 0 fully saturated rings. The Balaban J connectivity index is 2.08. The molecular formula is C17H23NO2. The molecule has 3 heteroatoms. The first-order valence-electron chi connectivity index (χ1n) is 6.97. The third-order valence-electron chi connectivity index (χ3n) is 3.13. The van der Waals surface area contributed by atoms with Gasteiger partial charge < -0.3 is 14.8 Å². The molecule has 0 spiro atoms. The smallest absolute Gasteiger partial charge is 0.134 e. The van der Waals surface area contributed by atoms with Crippen LogP contribution in [-0.4, -0.2) is 10.6 Å². The van der Waals surface area contributed by atoms with E-state index in [-0.39, 0.29) is 5.54 Å². The fraction of sp³-hybridized carbons (Fsp3) is 0.412. The van der Waals surface area contributed by atoms with Gasteiger partial charge in [0, 0.05) is 11.1 Å². The predicted octanol–water partition coefficient (Wildman–Crippen LogP) is 3.89. The first-order chi connectivity index (χ1) is 9.35. The van der Waals surface area contributed by atoms with Crippen molar-refractivity contribution in [1.82, 2.24) is 5.32 Å². The molecule has 0 saturated heterocycles. The lowest BCUT2D eigenvalue weighted by atomic mass is 10.1. The fourth-order valence-corrected chi connectivity index (χ4v) is 1.91. The van der Waals surface area contributed by atoms with E-state index in [4.69, 9.17) is 4.42 Å². The van der Waals surface area contributed by atoms with Gasteiger partial charge in [-0.1, -0.05) is 24.3 Å². The second kappa shape index (κ2) is 5.81. The van der Waals surface area contributed by atoms with Gasteiger partial charge in [0.25, 0.3) is 0 Å². The van der Waals surface area contributed by atoms with Crippen LogP contribution < -0.4 is 5.32 Å². The maximum atomic E-state index is 9.50. The monoisotopic (exact) mass is 273 g/mol. The summed E-state index contributed by atoms with van der Waals surface area (Å²) in [4.78, 5) is 0. The van der Waals surface area contributed by atoms with Crippen molar-refractivity contribution in [3.63, 3.8) is 0 Å². The van der Waals surface area contributed by atoms with Crippen molar-refractivity contribution in [3.8, 4) is 11.3 Å². The number of benzene rings is 1. The maximum absolute atomic E-state index is 9.50. The molecule has 2 rings (SSSR count). The molecule has 108 valence electrons. The van der Waals surface area contributed by atoms with Gasteiger partial charge in [-0.25, -0.2) is 0 Å². The number of hydrogen-bond donors (Lipinski definition) is 2. The van der Waals surface area contributed by atoms with E-state index in [1.54, 1.807) is 6.92 Å². The van der Waals surface area contributed by atoms with Crippen LogP contribution in [0.1, 0.15) is 45.1 Å². The molecule has 0 aliphatic rings. The lowest BCUT2D eigenvalue weighted by Gasteiger charge is -2.19. The largest absolute Gasteiger partial charge is 0.460 e. The van der Waals surface area contributed by atoms with Gasteiger partial charge in [0.2, 0.25) is 0 Å². The van der Waals surface area contributed by atoms with Crippen LogP contribution in [0, 0.1) is 0 Å². The lowest BCUT2D eigenvalue weighted by molar-refractivity contribution is 0.199. The third-order valence-corrected chi connectivity index (χ3v) is 3.13. The molecule has 20 heavy (non-hydrogen) atoms. The van der Waals surface area contributed by atoms with Crippen LogP contribution in [0.15, 0.2) is 40.8 Å². The highest BCUT2D eigenvalue weighted by Gasteiger charge is 2.11. The molecule has 2 N–H and O–H groups in total. The number of aliphatic hydroxyl groups excluding tert-OH is 1. The van der Waals surface area contributed by atoms with E-state index in [1.165, 1.54) is 0 Å². The molecule has 1 aromatic carbocycles. The van der Waals surface area contributed by atoms with Crippen LogP contribution in [0.25, 0.3) is 11.3 Å². The van der Waals surface area contributed by atoms with Gasteiger partial charge >= 0.3 is 0 Å². The number of aliphatic hydroxyl groups is 1. The molecular weight excluding hydrogens is 250 g/mol. The molecule has 0 bridgehead atoms. The van der Waals surface area contributed by atoms with Crippen molar-refractivity contribution < 1.29 is 9.52 Å². The highest BCUT2D eigenvalue weighted by Crippen LogP contribution is 2.24. The molecule has 0 aliphatic heterocycles. The van der Waals surface area contributed by atoms with Crippen molar-refractivity contribution >= 4 is 0 Å². The summed E-state index contributed by atoms with van der Waals surface area (Å²) >= 11 is 0. The zero-order chi connectivity index (χ0) is 14.8. The average molecular weight is 273 g/mol. The standard InChI is InChI=1S/C17H23NO2/c1-12(19)13-5-7-14(8-6-13)16-10-9-15(20-16)11-18-17(2,3)4/h5-10,12,18-19H,11H2,1-4H3/t12-/m1/s1. The Morgan fingerprint density at radius 2 is 1.75 bits per heavy atom. The molecule has 1 heterocycles. The maximum Gasteiger partial charge on any atom is 0.134 e. The minimum Gasteiger partial charge on any atom is -0.460 e. The van der Waals surface area contributed by atoms with Gasteiger partial charge in [0.15, 0.2) is 0 Å². The average Bonchev–Trinajstić information content (AvgIpc) is 2.84. The Morgan fingerprint density at radius 3 is 2.30 bits per heavy atom. The molecule has 0 amide bonds. The summed E-state index contributed by atoms with van der Waals surface area (Å²) in [6, 6.07) is 11.8. The van der Waals surface area contributed by atoms with Crippen LogP contribution in [-0.2, 0) is 6.54 Å². The summed E-state index contributed by atoms with van der Waals surface area (Å²) in [5.41, 5.74) is 2.01. The van der Waals surface area contributed by atoms with Crippen LogP contribution in [0.2, 0.25) is 0 Å². The quantitative estimate of drug-likeness (QED) is 0.888. The number of furan rings is 1. The van der Waals surface area contributed by atoms with E-state index in [1.807, 2.05) is 36.4 Å². The summed E-state index contributed by atoms with van der Waals surface area (Å²) in [7, 11) is 0. The second-order valence-corrected chi connectivity index (χ2v) is 6.17. The van der Waals surface area contributed by atoms with Crippen LogP contribution in [0.4, 0.5) is 0 Å². The van der Waals surface area contributed by atoms with Crippen molar-refractivity contribution in [3.05, 3.63) is 47.7 Å². The summed E-state index contributed by atoms with van der Waals surface area (Å²) in [5, 5.41) is 12.9. The highest BCUT2D eigenvalue weighted by atomic mass is 16.3. The predicted molar refractivity (Wildman–Crippen MR) is 81.4 cm³/mol. The van der Waals surface area contributed by atoms with Gasteiger partial charge in [-0.05, 0) is 45.4 Å². The van der Waals surface area contributed by atoms with Crippen LogP contribution in [0.5, 0.6) is 0 Å². The fourth-order valence-electron chi connectivity index (χ4n) is 1.91. The first-order valence-corrected chi connectivity index (χ1v) is 6.97. The molecule has 3 nitrogen and oxygen atoms in total. The Morgan fingerprint density at radius 1 is 1.10 bits per heavy atom. The van der Waals surface area contributed by atoms with Crippen LogP contribution >= 0.6 is 0 Å². The summed E-state index contributed by atoms with van der Waals surface area (Å²) < 4.78 is 5.84. The SMILES string of the molecule is C[C@@H](O)c1ccc(-c2ccc(CNC(C)(C)C)o2)cc1. The van der Waals surface area contributed by atoms with Crippen molar-refractivity contribution in [1.29, 1.82) is 0 Å². The zero-order valence-corrected chi connectivity index (χ0v) is 12.6. The van der Waals surface area contributed by atoms with Gasteiger partial charge in [-0.3, -0.25) is 0 Å². The minimum atomic E-state index is -0.438. The molecule has 0 unspecified atom stereocenters. The molecule has 0 saturated carbocycles. The summed E-state index contributed by atoms with van der Waals surface area (Å²) in [6.45, 7) is 8.87. The summed E-state index contributed by atoms with van der Waals surface area (Å²) in [5.74, 6) is 1.78. The van der Waals surface area contributed by atoms with Crippen LogP contribution in [0.3, 0.4) is 0 Å². The van der Waals surface area contributed by atoms with Gasteiger partial charge in [-0.2, -0.15) is 0 Å². The van der Waals surface area contributed by atoms with E-state index in [0.29, 0.717) is 0 Å². The number of nitrogens with one attached hydrogen (secondary N) is 1. The van der Waals surface area contributed by atoms with E-state index in [2.05, 4.69) is 26.1 Å². The molecule has 2 aromatic rings. The Hall–Kier alpha value is -1.58. The normalized spacial score (nSPS) is 13.4. The van der Waals surface area contributed by atoms with E-state index in [0.717, 1.165) is 29.2 Å². The van der Waals surface area contributed by atoms with E-state index < -0.39 is 6.10 Å². The minimum absolute atomic E-state index is 0.0753. The Kier molecular flexibility index (Phi) is 4.31. The van der Waals surface area contributed by atoms with Gasteiger partial charge in [0.05, 0.1) is 12.6 Å². The number of hydrogen-bond acceptors (Lipinski definition) is 3. The Bertz CT molecular complexity index is 547. The molecule has 1 aromatic heterocycles. The second-order valence-electron chi connectivity index (χ2n) is 6.17. The van der Waals surface area contributed by atoms with Crippen molar-refractivity contribution in [2.75, 3.05) is 0 Å². The van der Waals surface area contributed by atoms with E-state index >= 15 is 0 Å². The topological polar surface area (TPSA) is 45.4 Å². The zero-order valence-electron chi connectivity index (χ0n) is 12.6. The lowest BCUT2D eigenvalue weighted by Crippen LogP contribution is -2.34.